The van der Waals surface area contributed by atoms with Crippen molar-refractivity contribution in [1.82, 2.24) is 10.2 Å². The van der Waals surface area contributed by atoms with Crippen molar-refractivity contribution in [2.75, 3.05) is 34.4 Å². The molecule has 2 unspecified atom stereocenters. The summed E-state index contributed by atoms with van der Waals surface area (Å²) in [6, 6.07) is 4.29. The maximum absolute atomic E-state index is 12.7. The molecule has 0 saturated carbocycles. The molecule has 2 atom stereocenters. The van der Waals surface area contributed by atoms with Gasteiger partial charge in [-0.3, -0.25) is 14.9 Å². The number of thiophene rings is 1. The molecule has 1 saturated heterocycles. The molecular formula is C22H30N2O4S. The molecule has 1 N–H and O–H groups in total. The molecule has 158 valence electrons. The average molecular weight is 419 g/mol. The zero-order valence-corrected chi connectivity index (χ0v) is 18.2. The van der Waals surface area contributed by atoms with Crippen LogP contribution in [0, 0.1) is 11.3 Å². The van der Waals surface area contributed by atoms with Gasteiger partial charge in [0.05, 0.1) is 19.6 Å². The molecule has 2 aliphatic rings. The van der Waals surface area contributed by atoms with Gasteiger partial charge in [-0.15, -0.1) is 11.3 Å². The molecule has 1 aromatic rings. The number of allylic oxidation sites excluding steroid dienone is 1. The molecule has 7 heteroatoms. The minimum absolute atomic E-state index is 0.243. The van der Waals surface area contributed by atoms with E-state index in [1.54, 1.807) is 6.08 Å². The molecule has 0 radical (unpaired) electrons. The van der Waals surface area contributed by atoms with Gasteiger partial charge in [0.15, 0.2) is 11.5 Å². The van der Waals surface area contributed by atoms with E-state index in [1.807, 2.05) is 17.4 Å². The number of carbonyl (C=O) groups excluding carboxylic acids is 2. The molecule has 0 spiro atoms. The summed E-state index contributed by atoms with van der Waals surface area (Å²) in [7, 11) is 5.16. The molecule has 2 heterocycles. The van der Waals surface area contributed by atoms with Crippen molar-refractivity contribution in [1.29, 1.82) is 0 Å². The summed E-state index contributed by atoms with van der Waals surface area (Å²) in [5.41, 5.74) is -0.884. The van der Waals surface area contributed by atoms with E-state index in [9.17, 15) is 9.59 Å². The van der Waals surface area contributed by atoms with Crippen molar-refractivity contribution in [3.05, 3.63) is 46.1 Å². The number of methoxy groups -OCH3 is 2. The Bertz CT molecular complexity index is 787. The quantitative estimate of drug-likeness (QED) is 0.442. The van der Waals surface area contributed by atoms with Crippen LogP contribution in [0.25, 0.3) is 0 Å². The number of unbranched alkanes of at least 4 members (excludes halogenated alkanes) is 1. The minimum Gasteiger partial charge on any atom is -0.496 e. The number of hydrogen-bond acceptors (Lipinski definition) is 6. The lowest BCUT2D eigenvalue weighted by atomic mass is 9.70. The third-order valence-electron chi connectivity index (χ3n) is 5.84. The largest absolute Gasteiger partial charge is 0.496 e. The second-order valence-corrected chi connectivity index (χ2v) is 8.74. The van der Waals surface area contributed by atoms with Crippen molar-refractivity contribution in [3.63, 3.8) is 0 Å². The molecule has 1 aliphatic heterocycles. The summed E-state index contributed by atoms with van der Waals surface area (Å²) in [6.45, 7) is 1.91. The van der Waals surface area contributed by atoms with Crippen molar-refractivity contribution < 1.29 is 19.1 Å². The van der Waals surface area contributed by atoms with Gasteiger partial charge in [-0.1, -0.05) is 12.1 Å². The van der Waals surface area contributed by atoms with Crippen LogP contribution >= 0.6 is 11.3 Å². The first-order valence-electron chi connectivity index (χ1n) is 10.1. The van der Waals surface area contributed by atoms with Crippen LogP contribution in [0.15, 0.2) is 41.2 Å². The Morgan fingerprint density at radius 3 is 2.66 bits per heavy atom. The Balaban J connectivity index is 1.52. The highest BCUT2D eigenvalue weighted by atomic mass is 32.1. The zero-order valence-electron chi connectivity index (χ0n) is 17.4. The van der Waals surface area contributed by atoms with Gasteiger partial charge in [-0.2, -0.15) is 0 Å². The van der Waals surface area contributed by atoms with Gasteiger partial charge in [-0.25, -0.2) is 0 Å². The Labute approximate surface area is 176 Å². The van der Waals surface area contributed by atoms with Crippen LogP contribution in [-0.4, -0.2) is 51.1 Å². The Hall–Kier alpha value is -2.12. The molecule has 29 heavy (non-hydrogen) atoms. The smallest absolute Gasteiger partial charge is 0.238 e. The maximum Gasteiger partial charge on any atom is 0.238 e. The summed E-state index contributed by atoms with van der Waals surface area (Å²) in [6.07, 6.45) is 8.45. The van der Waals surface area contributed by atoms with Crippen LogP contribution in [0.1, 0.15) is 30.6 Å². The number of nitrogens with zero attached hydrogens (tertiary/aromatic N) is 1. The third kappa shape index (κ3) is 4.56. The fraction of sp³-hybridized carbons (Fsp3) is 0.545. The standard InChI is InChI=1S/C22H30N2O4S/c1-24(13-5-4-8-16-9-6-15-29-16)14-7-11-22-12-10-17(27-2)19(28-3)18(22)20(25)23-21(22)26/h6,9-10,12,15,18H,4-5,7-8,11,13-14H2,1-3H3,(H,23,25,26). The van der Waals surface area contributed by atoms with E-state index in [1.165, 1.54) is 25.5 Å². The molecule has 1 aliphatic carbocycles. The minimum atomic E-state index is -0.884. The van der Waals surface area contributed by atoms with Crippen LogP contribution in [0.5, 0.6) is 0 Å². The first-order chi connectivity index (χ1) is 14.0. The highest BCUT2D eigenvalue weighted by Crippen LogP contribution is 2.47. The summed E-state index contributed by atoms with van der Waals surface area (Å²) in [4.78, 5) is 28.9. The van der Waals surface area contributed by atoms with Gasteiger partial charge in [-0.05, 0) is 69.8 Å². The second kappa shape index (κ2) is 9.59. The normalized spacial score (nSPS) is 23.5. The van der Waals surface area contributed by atoms with Crippen LogP contribution in [0.2, 0.25) is 0 Å². The van der Waals surface area contributed by atoms with Crippen LogP contribution in [0.4, 0.5) is 0 Å². The van der Waals surface area contributed by atoms with E-state index in [0.717, 1.165) is 32.4 Å². The van der Waals surface area contributed by atoms with E-state index >= 15 is 0 Å². The van der Waals surface area contributed by atoms with Crippen molar-refractivity contribution in [2.24, 2.45) is 11.3 Å². The number of carbonyl (C=O) groups is 2. The molecule has 2 amide bonds. The molecule has 1 fully saturated rings. The van der Waals surface area contributed by atoms with Crippen molar-refractivity contribution >= 4 is 23.2 Å². The van der Waals surface area contributed by atoms with E-state index in [0.29, 0.717) is 17.9 Å². The summed E-state index contributed by atoms with van der Waals surface area (Å²) in [5.74, 6) is -0.281. The SMILES string of the molecule is COC1=C(OC)C2C(=O)NC(=O)C2(CCCN(C)CCCCc2cccs2)C=C1. The number of imide groups is 1. The summed E-state index contributed by atoms with van der Waals surface area (Å²) >= 11 is 1.82. The Kier molecular flexibility index (Phi) is 7.14. The number of ether oxygens (including phenoxy) is 2. The van der Waals surface area contributed by atoms with Gasteiger partial charge >= 0.3 is 0 Å². The van der Waals surface area contributed by atoms with Gasteiger partial charge in [0.1, 0.15) is 5.92 Å². The lowest BCUT2D eigenvalue weighted by Crippen LogP contribution is -2.37. The third-order valence-corrected chi connectivity index (χ3v) is 6.77. The van der Waals surface area contributed by atoms with E-state index in [-0.39, 0.29) is 11.8 Å². The number of nitrogens with one attached hydrogen (secondary N) is 1. The van der Waals surface area contributed by atoms with Crippen LogP contribution in [0.3, 0.4) is 0 Å². The predicted molar refractivity (Wildman–Crippen MR) is 113 cm³/mol. The molecule has 6 nitrogen and oxygen atoms in total. The fourth-order valence-electron chi connectivity index (χ4n) is 4.26. The number of hydrogen-bond donors (Lipinski definition) is 1. The van der Waals surface area contributed by atoms with Gasteiger partial charge in [0.25, 0.3) is 0 Å². The van der Waals surface area contributed by atoms with Crippen LogP contribution in [-0.2, 0) is 25.5 Å². The first-order valence-corrected chi connectivity index (χ1v) is 11.0. The van der Waals surface area contributed by atoms with Gasteiger partial charge < -0.3 is 14.4 Å². The van der Waals surface area contributed by atoms with E-state index < -0.39 is 11.3 Å². The lowest BCUT2D eigenvalue weighted by molar-refractivity contribution is -0.127. The first kappa shape index (κ1) is 21.6. The van der Waals surface area contributed by atoms with Crippen molar-refractivity contribution in [2.45, 2.75) is 32.1 Å². The highest BCUT2D eigenvalue weighted by molar-refractivity contribution is 7.09. The van der Waals surface area contributed by atoms with E-state index in [4.69, 9.17) is 9.47 Å². The number of rotatable bonds is 11. The van der Waals surface area contributed by atoms with Crippen LogP contribution < -0.4 is 5.32 Å². The Morgan fingerprint density at radius 1 is 1.17 bits per heavy atom. The lowest BCUT2D eigenvalue weighted by Gasteiger charge is -2.33. The van der Waals surface area contributed by atoms with Crippen molar-refractivity contribution in [3.8, 4) is 0 Å². The number of aryl methyl sites for hydroxylation is 1. The Morgan fingerprint density at radius 2 is 1.97 bits per heavy atom. The van der Waals surface area contributed by atoms with E-state index in [2.05, 4.69) is 34.8 Å². The molecule has 0 aromatic carbocycles. The zero-order chi connectivity index (χ0) is 20.9. The van der Waals surface area contributed by atoms with Gasteiger partial charge in [0.2, 0.25) is 11.8 Å². The second-order valence-electron chi connectivity index (χ2n) is 7.71. The number of fused-ring (bicyclic) bond motifs is 1. The molecule has 3 rings (SSSR count). The summed E-state index contributed by atoms with van der Waals surface area (Å²) in [5, 5.41) is 4.61. The maximum atomic E-state index is 12.7. The topological polar surface area (TPSA) is 67.9 Å². The average Bonchev–Trinajstić information content (AvgIpc) is 3.31. The molecular weight excluding hydrogens is 388 g/mol. The van der Waals surface area contributed by atoms with Gasteiger partial charge in [0, 0.05) is 4.88 Å². The highest BCUT2D eigenvalue weighted by Gasteiger charge is 2.57. The number of amides is 2. The predicted octanol–water partition coefficient (Wildman–Crippen LogP) is 3.12. The molecule has 0 bridgehead atoms. The fourth-order valence-corrected chi connectivity index (χ4v) is 5.01. The summed E-state index contributed by atoms with van der Waals surface area (Å²) < 4.78 is 10.8. The monoisotopic (exact) mass is 418 g/mol. The molecule has 1 aromatic heterocycles.